The van der Waals surface area contributed by atoms with Crippen molar-refractivity contribution in [1.29, 1.82) is 0 Å². The van der Waals surface area contributed by atoms with Gasteiger partial charge in [0.1, 0.15) is 18.1 Å². The number of aliphatic hydroxyl groups excluding tert-OH is 2. The van der Waals surface area contributed by atoms with E-state index in [1.165, 1.54) is 4.90 Å². The zero-order valence-electron chi connectivity index (χ0n) is 26.7. The maximum absolute atomic E-state index is 13.7. The highest BCUT2D eigenvalue weighted by Gasteiger charge is 2.54. The zero-order chi connectivity index (χ0) is 33.5. The van der Waals surface area contributed by atoms with E-state index in [-0.39, 0.29) is 43.6 Å². The van der Waals surface area contributed by atoms with Gasteiger partial charge in [-0.1, -0.05) is 66.6 Å². The maximum Gasteiger partial charge on any atom is 0.303 e. The van der Waals surface area contributed by atoms with E-state index in [0.29, 0.717) is 43.4 Å². The van der Waals surface area contributed by atoms with Crippen LogP contribution in [0, 0.1) is 17.8 Å². The Labute approximate surface area is 274 Å². The first-order chi connectivity index (χ1) is 22.7. The number of phenolic OH excluding ortho intramolecular Hbond substituents is 1. The fraction of sp³-hybridized carbons (Fsp3) is 0.395. The van der Waals surface area contributed by atoms with Gasteiger partial charge in [0.2, 0.25) is 11.8 Å². The summed E-state index contributed by atoms with van der Waals surface area (Å²) in [6.07, 6.45) is 3.76. The molecule has 5 rings (SSSR count). The molecule has 1 fully saturated rings. The molecule has 1 aliphatic heterocycles. The van der Waals surface area contributed by atoms with Crippen LogP contribution in [-0.4, -0.2) is 69.0 Å². The number of likely N-dealkylation sites (tertiary alicyclic amines) is 1. The van der Waals surface area contributed by atoms with Gasteiger partial charge in [-0.3, -0.25) is 19.3 Å². The molecule has 2 aliphatic rings. The topological polar surface area (TPSA) is 145 Å². The average molecular weight is 642 g/mol. The summed E-state index contributed by atoms with van der Waals surface area (Å²) in [4.78, 5) is 39.4. The lowest BCUT2D eigenvalue weighted by molar-refractivity contribution is -0.141. The van der Waals surface area contributed by atoms with E-state index in [9.17, 15) is 29.7 Å². The fourth-order valence-electron chi connectivity index (χ4n) is 7.08. The van der Waals surface area contributed by atoms with E-state index in [0.717, 1.165) is 27.5 Å². The predicted molar refractivity (Wildman–Crippen MR) is 178 cm³/mol. The Kier molecular flexibility index (Phi) is 11.1. The number of carboxylic acid groups (broad SMARTS) is 1. The summed E-state index contributed by atoms with van der Waals surface area (Å²) in [5.41, 5.74) is 3.25. The normalized spacial score (nSPS) is 20.5. The molecule has 1 heterocycles. The van der Waals surface area contributed by atoms with Gasteiger partial charge >= 0.3 is 5.97 Å². The number of unbranched alkanes of at least 4 members (excludes halogenated alkanes) is 2. The molecule has 1 aliphatic carbocycles. The molecule has 2 amide bonds. The number of aliphatic carboxylic acids is 1. The first kappa shape index (κ1) is 33.9. The lowest BCUT2D eigenvalue weighted by atomic mass is 9.68. The molecular formula is C38H43NO8. The summed E-state index contributed by atoms with van der Waals surface area (Å²) < 4.78 is 6.08. The second-order valence-electron chi connectivity index (χ2n) is 12.6. The number of aliphatic hydroxyl groups is 2. The minimum atomic E-state index is -0.977. The van der Waals surface area contributed by atoms with E-state index in [2.05, 4.69) is 0 Å². The number of allylic oxidation sites excluding steroid dienone is 1. The molecule has 0 aromatic heterocycles. The van der Waals surface area contributed by atoms with Crippen molar-refractivity contribution in [3.63, 3.8) is 0 Å². The number of carboxylic acids is 1. The highest BCUT2D eigenvalue weighted by atomic mass is 16.5. The summed E-state index contributed by atoms with van der Waals surface area (Å²) >= 11 is 0. The Morgan fingerprint density at radius 3 is 2.40 bits per heavy atom. The van der Waals surface area contributed by atoms with Crippen molar-refractivity contribution >= 4 is 34.6 Å². The number of fused-ring (bicyclic) bond motifs is 2. The smallest absolute Gasteiger partial charge is 0.303 e. The SMILES string of the molecule is C/C(=C\c1ccc(O)c2ccccc12)CC[C@@H](O)C1=C(COc2ccccc2)C[C@H]2C(=O)N(CCCCCC(=O)O)C(=O)[C@H]2[C@H]1CO. The number of carbonyl (C=O) groups excluding carboxylic acids is 2. The lowest BCUT2D eigenvalue weighted by Crippen LogP contribution is -2.40. The van der Waals surface area contributed by atoms with Gasteiger partial charge in [0.05, 0.1) is 24.5 Å². The standard InChI is InChI=1S/C38H43NO8/c1-24(20-25-16-18-32(41)29-13-8-7-12-28(25)29)15-17-33(42)35-26(23-47-27-10-4-2-5-11-27)21-30-36(31(35)22-40)38(46)39(37(30)45)19-9-3-6-14-34(43)44/h2,4-5,7-8,10-13,16,18,20,30-31,33,36,40-42H,3,6,9,14-15,17,19,21-23H2,1H3,(H,43,44)/b24-20+/t30-,31+,33-,36-/m1/s1. The van der Waals surface area contributed by atoms with Crippen molar-refractivity contribution in [2.24, 2.45) is 17.8 Å². The monoisotopic (exact) mass is 641 g/mol. The number of aromatic hydroxyl groups is 1. The molecule has 0 radical (unpaired) electrons. The van der Waals surface area contributed by atoms with Crippen LogP contribution in [0.4, 0.5) is 0 Å². The van der Waals surface area contributed by atoms with Crippen LogP contribution in [0.15, 0.2) is 83.4 Å². The van der Waals surface area contributed by atoms with Crippen LogP contribution in [0.1, 0.15) is 57.4 Å². The Balaban J connectivity index is 1.36. The molecule has 3 aromatic rings. The number of hydrogen-bond acceptors (Lipinski definition) is 7. The Morgan fingerprint density at radius 2 is 1.68 bits per heavy atom. The molecular weight excluding hydrogens is 598 g/mol. The van der Waals surface area contributed by atoms with Crippen LogP contribution in [0.25, 0.3) is 16.8 Å². The number of phenols is 1. The number of para-hydroxylation sites is 1. The van der Waals surface area contributed by atoms with Crippen molar-refractivity contribution < 1.29 is 39.5 Å². The first-order valence-corrected chi connectivity index (χ1v) is 16.3. The van der Waals surface area contributed by atoms with Gasteiger partial charge < -0.3 is 25.2 Å². The van der Waals surface area contributed by atoms with Gasteiger partial charge in [0, 0.05) is 24.3 Å². The Morgan fingerprint density at radius 1 is 0.957 bits per heavy atom. The fourth-order valence-corrected chi connectivity index (χ4v) is 7.08. The second-order valence-corrected chi connectivity index (χ2v) is 12.6. The van der Waals surface area contributed by atoms with Crippen molar-refractivity contribution in [3.8, 4) is 11.5 Å². The van der Waals surface area contributed by atoms with E-state index in [4.69, 9.17) is 9.84 Å². The van der Waals surface area contributed by atoms with E-state index < -0.39 is 36.4 Å². The van der Waals surface area contributed by atoms with Crippen LogP contribution in [0.3, 0.4) is 0 Å². The number of carbonyl (C=O) groups is 3. The van der Waals surface area contributed by atoms with Crippen LogP contribution in [0.2, 0.25) is 0 Å². The van der Waals surface area contributed by atoms with Crippen molar-refractivity contribution in [3.05, 3.63) is 89.0 Å². The molecule has 0 bridgehead atoms. The van der Waals surface area contributed by atoms with Crippen molar-refractivity contribution in [1.82, 2.24) is 4.90 Å². The zero-order valence-corrected chi connectivity index (χ0v) is 26.7. The third-order valence-corrected chi connectivity index (χ3v) is 9.41. The van der Waals surface area contributed by atoms with Gasteiger partial charge in [-0.15, -0.1) is 0 Å². The highest BCUT2D eigenvalue weighted by Crippen LogP contribution is 2.46. The Hall–Kier alpha value is -4.47. The van der Waals surface area contributed by atoms with E-state index in [1.807, 2.05) is 73.7 Å². The predicted octanol–water partition coefficient (Wildman–Crippen LogP) is 5.72. The van der Waals surface area contributed by atoms with Gasteiger partial charge in [-0.2, -0.15) is 0 Å². The molecule has 0 spiro atoms. The Bertz CT molecular complexity index is 1660. The van der Waals surface area contributed by atoms with E-state index >= 15 is 0 Å². The summed E-state index contributed by atoms with van der Waals surface area (Å²) in [5.74, 6) is -2.85. The minimum Gasteiger partial charge on any atom is -0.507 e. The van der Waals surface area contributed by atoms with Crippen LogP contribution in [-0.2, 0) is 14.4 Å². The maximum atomic E-state index is 13.7. The lowest BCUT2D eigenvalue weighted by Gasteiger charge is -2.36. The molecule has 47 heavy (non-hydrogen) atoms. The number of nitrogens with zero attached hydrogens (tertiary/aromatic N) is 1. The van der Waals surface area contributed by atoms with Crippen LogP contribution < -0.4 is 4.74 Å². The molecule has 4 N–H and O–H groups in total. The molecule has 0 saturated carbocycles. The van der Waals surface area contributed by atoms with Crippen LogP contribution in [0.5, 0.6) is 11.5 Å². The number of ether oxygens (including phenoxy) is 1. The largest absolute Gasteiger partial charge is 0.507 e. The number of rotatable bonds is 15. The quantitative estimate of drug-likeness (QED) is 0.0937. The van der Waals surface area contributed by atoms with Gasteiger partial charge in [-0.25, -0.2) is 0 Å². The molecule has 1 saturated heterocycles. The average Bonchev–Trinajstić information content (AvgIpc) is 3.31. The van der Waals surface area contributed by atoms with Crippen molar-refractivity contribution in [2.45, 2.75) is 58.0 Å². The number of imide groups is 1. The van der Waals surface area contributed by atoms with Crippen LogP contribution >= 0.6 is 0 Å². The molecule has 248 valence electrons. The third kappa shape index (κ3) is 7.75. The third-order valence-electron chi connectivity index (χ3n) is 9.41. The van der Waals surface area contributed by atoms with Crippen molar-refractivity contribution in [2.75, 3.05) is 19.8 Å². The summed E-state index contributed by atoms with van der Waals surface area (Å²) in [6.45, 7) is 1.89. The second kappa shape index (κ2) is 15.4. The molecule has 9 heteroatoms. The van der Waals surface area contributed by atoms with Gasteiger partial charge in [-0.05, 0) is 79.3 Å². The molecule has 0 unspecified atom stereocenters. The number of benzene rings is 3. The first-order valence-electron chi connectivity index (χ1n) is 16.3. The summed E-state index contributed by atoms with van der Waals surface area (Å²) in [7, 11) is 0. The minimum absolute atomic E-state index is 0.0376. The molecule has 9 nitrogen and oxygen atoms in total. The summed E-state index contributed by atoms with van der Waals surface area (Å²) in [6, 6.07) is 20.4. The van der Waals surface area contributed by atoms with Gasteiger partial charge in [0.15, 0.2) is 0 Å². The number of hydrogen-bond donors (Lipinski definition) is 4. The van der Waals surface area contributed by atoms with E-state index in [1.54, 1.807) is 6.07 Å². The molecule has 4 atom stereocenters. The molecule has 3 aromatic carbocycles. The highest BCUT2D eigenvalue weighted by molar-refractivity contribution is 6.06. The van der Waals surface area contributed by atoms with Gasteiger partial charge in [0.25, 0.3) is 0 Å². The summed E-state index contributed by atoms with van der Waals surface area (Å²) in [5, 5.41) is 43.3. The number of amides is 2.